The van der Waals surface area contributed by atoms with E-state index in [9.17, 15) is 18.0 Å². The molecule has 1 aromatic rings. The Bertz CT molecular complexity index is 410. The lowest BCUT2D eigenvalue weighted by molar-refractivity contribution is -0.170. The van der Waals surface area contributed by atoms with Gasteiger partial charge < -0.3 is 9.47 Å². The Hall–Kier alpha value is -1.56. The van der Waals surface area contributed by atoms with Crippen LogP contribution in [0.2, 0.25) is 0 Å². The van der Waals surface area contributed by atoms with Crippen molar-refractivity contribution in [2.75, 3.05) is 13.2 Å². The summed E-state index contributed by atoms with van der Waals surface area (Å²) in [6.45, 7) is 1.71. The number of carbonyl (C=O) groups is 1. The predicted octanol–water partition coefficient (Wildman–Crippen LogP) is 3.24. The summed E-state index contributed by atoms with van der Waals surface area (Å²) in [7, 11) is 0. The van der Waals surface area contributed by atoms with E-state index in [2.05, 4.69) is 4.74 Å². The molecule has 0 bridgehead atoms. The van der Waals surface area contributed by atoms with Crippen molar-refractivity contribution in [2.45, 2.75) is 26.1 Å². The van der Waals surface area contributed by atoms with E-state index in [-0.39, 0.29) is 6.10 Å². The highest BCUT2D eigenvalue weighted by atomic mass is 19.4. The summed E-state index contributed by atoms with van der Waals surface area (Å²) < 4.78 is 45.2. The van der Waals surface area contributed by atoms with Gasteiger partial charge in [0.2, 0.25) is 0 Å². The number of rotatable bonds is 6. The first-order valence-corrected chi connectivity index (χ1v) is 5.72. The molecule has 1 aromatic carbocycles. The zero-order valence-electron chi connectivity index (χ0n) is 10.7. The minimum absolute atomic E-state index is 0.0108. The average Bonchev–Trinajstić information content (AvgIpc) is 2.27. The van der Waals surface area contributed by atoms with Crippen LogP contribution in [0.25, 0.3) is 0 Å². The van der Waals surface area contributed by atoms with Crippen molar-refractivity contribution in [3.8, 4) is 5.75 Å². The molecule has 0 aliphatic carbocycles. The zero-order chi connectivity index (χ0) is 14.5. The fraction of sp³-hybridized carbons (Fsp3) is 0.462. The molecule has 0 aromatic heterocycles. The second-order valence-electron chi connectivity index (χ2n) is 4.22. The number of ketones is 1. The number of ether oxygens (including phenoxy) is 2. The summed E-state index contributed by atoms with van der Waals surface area (Å²) >= 11 is 0. The van der Waals surface area contributed by atoms with Gasteiger partial charge in [0.15, 0.2) is 5.78 Å². The zero-order valence-corrected chi connectivity index (χ0v) is 10.7. The van der Waals surface area contributed by atoms with Gasteiger partial charge in [-0.1, -0.05) is 0 Å². The molecule has 0 fully saturated rings. The van der Waals surface area contributed by atoms with Crippen LogP contribution >= 0.6 is 0 Å². The van der Waals surface area contributed by atoms with Crippen LogP contribution in [0.4, 0.5) is 13.2 Å². The van der Waals surface area contributed by atoms with E-state index in [1.807, 2.05) is 13.8 Å². The van der Waals surface area contributed by atoms with Gasteiger partial charge in [-0.2, -0.15) is 13.2 Å². The molecule has 0 aliphatic rings. The Morgan fingerprint density at radius 1 is 1.21 bits per heavy atom. The van der Waals surface area contributed by atoms with Gasteiger partial charge in [-0.25, -0.2) is 0 Å². The fourth-order valence-corrected chi connectivity index (χ4v) is 1.33. The molecule has 0 heterocycles. The minimum atomic E-state index is -4.42. The number of hydrogen-bond acceptors (Lipinski definition) is 3. The van der Waals surface area contributed by atoms with Crippen LogP contribution in [0, 0.1) is 0 Å². The molecule has 0 amide bonds. The molecule has 106 valence electrons. The van der Waals surface area contributed by atoms with Crippen molar-refractivity contribution >= 4 is 5.78 Å². The Balaban J connectivity index is 2.49. The number of Topliss-reactive ketones (excluding diaryl/α,β-unsaturated/α-hetero) is 1. The molecule has 0 radical (unpaired) electrons. The normalized spacial score (nSPS) is 11.7. The van der Waals surface area contributed by atoms with Crippen molar-refractivity contribution in [3.63, 3.8) is 0 Å². The van der Waals surface area contributed by atoms with Crippen LogP contribution < -0.4 is 4.74 Å². The third kappa shape index (κ3) is 6.24. The van der Waals surface area contributed by atoms with Crippen LogP contribution in [0.1, 0.15) is 24.2 Å². The van der Waals surface area contributed by atoms with E-state index in [1.165, 1.54) is 12.1 Å². The molecule has 19 heavy (non-hydrogen) atoms. The van der Waals surface area contributed by atoms with Gasteiger partial charge in [0.25, 0.3) is 0 Å². The molecule has 0 saturated heterocycles. The molecule has 3 nitrogen and oxygen atoms in total. The second-order valence-corrected chi connectivity index (χ2v) is 4.22. The van der Waals surface area contributed by atoms with Gasteiger partial charge in [0.05, 0.1) is 6.10 Å². The van der Waals surface area contributed by atoms with E-state index < -0.39 is 25.2 Å². The fourth-order valence-electron chi connectivity index (χ4n) is 1.33. The maximum atomic E-state index is 11.8. The van der Waals surface area contributed by atoms with Gasteiger partial charge in [-0.3, -0.25) is 4.79 Å². The van der Waals surface area contributed by atoms with Crippen LogP contribution in [0.5, 0.6) is 5.75 Å². The monoisotopic (exact) mass is 276 g/mol. The maximum absolute atomic E-state index is 11.8. The molecular weight excluding hydrogens is 261 g/mol. The van der Waals surface area contributed by atoms with Crippen LogP contribution in [0.15, 0.2) is 24.3 Å². The van der Waals surface area contributed by atoms with Crippen molar-refractivity contribution in [2.24, 2.45) is 0 Å². The van der Waals surface area contributed by atoms with E-state index in [4.69, 9.17) is 4.74 Å². The van der Waals surface area contributed by atoms with Crippen molar-refractivity contribution < 1.29 is 27.4 Å². The standard InChI is InChI=1S/C13H15F3O3/c1-9(2)19-11-5-3-10(4-6-11)12(17)7-18-8-13(14,15)16/h3-6,9H,7-8H2,1-2H3. The Labute approximate surface area is 109 Å². The third-order valence-corrected chi connectivity index (χ3v) is 2.05. The number of carbonyl (C=O) groups excluding carboxylic acids is 1. The van der Waals surface area contributed by atoms with Crippen LogP contribution in [0.3, 0.4) is 0 Å². The second kappa shape index (κ2) is 6.56. The highest BCUT2D eigenvalue weighted by Crippen LogP contribution is 2.16. The highest BCUT2D eigenvalue weighted by Gasteiger charge is 2.27. The maximum Gasteiger partial charge on any atom is 0.411 e. The van der Waals surface area contributed by atoms with Crippen molar-refractivity contribution in [3.05, 3.63) is 29.8 Å². The number of alkyl halides is 3. The van der Waals surface area contributed by atoms with Gasteiger partial charge in [0.1, 0.15) is 19.0 Å². The Morgan fingerprint density at radius 2 is 1.79 bits per heavy atom. The molecule has 6 heteroatoms. The summed E-state index contributed by atoms with van der Waals surface area (Å²) in [6, 6.07) is 6.18. The molecule has 1 rings (SSSR count). The quantitative estimate of drug-likeness (QED) is 0.748. The van der Waals surface area contributed by atoms with Crippen LogP contribution in [-0.4, -0.2) is 31.3 Å². The topological polar surface area (TPSA) is 35.5 Å². The lowest BCUT2D eigenvalue weighted by Crippen LogP contribution is -2.20. The predicted molar refractivity (Wildman–Crippen MR) is 63.4 cm³/mol. The third-order valence-electron chi connectivity index (χ3n) is 2.05. The van der Waals surface area contributed by atoms with E-state index in [0.29, 0.717) is 11.3 Å². The lowest BCUT2D eigenvalue weighted by Gasteiger charge is -2.10. The summed E-state index contributed by atoms with van der Waals surface area (Å²) in [5.41, 5.74) is 0.290. The molecule has 0 aliphatic heterocycles. The first kappa shape index (κ1) is 15.5. The Kier molecular flexibility index (Phi) is 5.35. The molecule has 0 atom stereocenters. The number of hydrogen-bond donors (Lipinski definition) is 0. The molecule has 0 saturated carbocycles. The molecular formula is C13H15F3O3. The van der Waals surface area contributed by atoms with Gasteiger partial charge in [-0.05, 0) is 38.1 Å². The lowest BCUT2D eigenvalue weighted by atomic mass is 10.1. The molecule has 0 N–H and O–H groups in total. The van der Waals surface area contributed by atoms with Crippen molar-refractivity contribution in [1.82, 2.24) is 0 Å². The SMILES string of the molecule is CC(C)Oc1ccc(C(=O)COCC(F)(F)F)cc1. The van der Waals surface area contributed by atoms with Crippen LogP contribution in [-0.2, 0) is 4.74 Å². The van der Waals surface area contributed by atoms with E-state index in [0.717, 1.165) is 0 Å². The minimum Gasteiger partial charge on any atom is -0.491 e. The van der Waals surface area contributed by atoms with Gasteiger partial charge in [-0.15, -0.1) is 0 Å². The first-order chi connectivity index (χ1) is 8.78. The smallest absolute Gasteiger partial charge is 0.411 e. The van der Waals surface area contributed by atoms with E-state index in [1.54, 1.807) is 12.1 Å². The van der Waals surface area contributed by atoms with Crippen molar-refractivity contribution in [1.29, 1.82) is 0 Å². The van der Waals surface area contributed by atoms with Gasteiger partial charge in [0, 0.05) is 5.56 Å². The number of benzene rings is 1. The van der Waals surface area contributed by atoms with E-state index >= 15 is 0 Å². The molecule has 0 spiro atoms. The average molecular weight is 276 g/mol. The summed E-state index contributed by atoms with van der Waals surface area (Å²) in [5, 5.41) is 0. The molecule has 0 unspecified atom stereocenters. The van der Waals surface area contributed by atoms with Gasteiger partial charge >= 0.3 is 6.18 Å². The summed E-state index contributed by atoms with van der Waals surface area (Å²) in [4.78, 5) is 11.5. The summed E-state index contributed by atoms with van der Waals surface area (Å²) in [5.74, 6) is 0.100. The first-order valence-electron chi connectivity index (χ1n) is 5.72. The highest BCUT2D eigenvalue weighted by molar-refractivity contribution is 5.97. The largest absolute Gasteiger partial charge is 0.491 e. The summed E-state index contributed by atoms with van der Waals surface area (Å²) in [6.07, 6.45) is -4.41. The number of halogens is 3. The Morgan fingerprint density at radius 3 is 2.26 bits per heavy atom.